The smallest absolute Gasteiger partial charge is 0.223 e. The van der Waals surface area contributed by atoms with Crippen molar-refractivity contribution in [3.63, 3.8) is 0 Å². The van der Waals surface area contributed by atoms with Gasteiger partial charge in [-0.1, -0.05) is 13.8 Å². The van der Waals surface area contributed by atoms with E-state index < -0.39 is 0 Å². The third kappa shape index (κ3) is 1.87. The first-order valence-electron chi connectivity index (χ1n) is 7.62. The number of piperidine rings is 1. The van der Waals surface area contributed by atoms with Gasteiger partial charge in [0.05, 0.1) is 23.7 Å². The zero-order chi connectivity index (χ0) is 14.6. The second-order valence-electron chi connectivity index (χ2n) is 7.00. The first kappa shape index (κ1) is 12.8. The van der Waals surface area contributed by atoms with Crippen LogP contribution in [0.25, 0.3) is 5.52 Å². The fourth-order valence-electron chi connectivity index (χ4n) is 4.07. The summed E-state index contributed by atoms with van der Waals surface area (Å²) in [7, 11) is 0. The highest BCUT2D eigenvalue weighted by atomic mass is 16.2. The molecular weight excluding hydrogens is 264 g/mol. The average molecular weight is 284 g/mol. The van der Waals surface area contributed by atoms with Crippen LogP contribution in [0, 0.1) is 5.41 Å². The molecular formula is C16H20N4O. The van der Waals surface area contributed by atoms with Gasteiger partial charge in [-0.2, -0.15) is 0 Å². The summed E-state index contributed by atoms with van der Waals surface area (Å²) in [5.74, 6) is 0.629. The van der Waals surface area contributed by atoms with Gasteiger partial charge < -0.3 is 9.30 Å². The van der Waals surface area contributed by atoms with Gasteiger partial charge in [0.2, 0.25) is 5.91 Å². The second-order valence-corrected chi connectivity index (χ2v) is 7.00. The van der Waals surface area contributed by atoms with Crippen LogP contribution in [0.4, 0.5) is 0 Å². The van der Waals surface area contributed by atoms with E-state index >= 15 is 0 Å². The molecule has 2 aliphatic heterocycles. The van der Waals surface area contributed by atoms with Crippen LogP contribution in [0.2, 0.25) is 0 Å². The number of nitrogens with zero attached hydrogens (tertiary/aromatic N) is 4. The summed E-state index contributed by atoms with van der Waals surface area (Å²) < 4.78 is 2.00. The van der Waals surface area contributed by atoms with Crippen molar-refractivity contribution in [2.75, 3.05) is 6.54 Å². The number of hydrogen-bond acceptors (Lipinski definition) is 3. The fraction of sp³-hybridized carbons (Fsp3) is 0.562. The zero-order valence-electron chi connectivity index (χ0n) is 12.5. The van der Waals surface area contributed by atoms with Gasteiger partial charge in [-0.05, 0) is 18.3 Å². The van der Waals surface area contributed by atoms with Crippen molar-refractivity contribution < 1.29 is 4.79 Å². The lowest BCUT2D eigenvalue weighted by atomic mass is 9.78. The largest absolute Gasteiger partial charge is 0.338 e. The van der Waals surface area contributed by atoms with Crippen LogP contribution in [0.5, 0.6) is 0 Å². The Hall–Kier alpha value is -1.91. The first-order chi connectivity index (χ1) is 10.1. The number of carbonyl (C=O) groups is 1. The van der Waals surface area contributed by atoms with E-state index in [1.54, 1.807) is 6.20 Å². The van der Waals surface area contributed by atoms with Gasteiger partial charge in [0, 0.05) is 37.3 Å². The molecule has 0 aromatic carbocycles. The van der Waals surface area contributed by atoms with Gasteiger partial charge in [-0.15, -0.1) is 0 Å². The minimum absolute atomic E-state index is 0.111. The van der Waals surface area contributed by atoms with Crippen LogP contribution >= 0.6 is 0 Å². The highest BCUT2D eigenvalue weighted by molar-refractivity contribution is 5.80. The minimum atomic E-state index is 0.111. The molecule has 0 radical (unpaired) electrons. The summed E-state index contributed by atoms with van der Waals surface area (Å²) in [6.07, 6.45) is 10.2. The SMILES string of the molecule is CC1(C)CC(=O)N2CC(c3ncn4ccncc34)CCC21. The van der Waals surface area contributed by atoms with Crippen LogP contribution in [0.1, 0.15) is 44.7 Å². The summed E-state index contributed by atoms with van der Waals surface area (Å²) >= 11 is 0. The summed E-state index contributed by atoms with van der Waals surface area (Å²) in [4.78, 5) is 23.2. The standard InChI is InChI=1S/C16H20N4O/c1-16(2)7-14(21)20-9-11(3-4-13(16)20)15-12-8-17-5-6-19(12)10-18-15/h5-6,8,10-11,13H,3-4,7,9H2,1-2H3. The van der Waals surface area contributed by atoms with E-state index in [9.17, 15) is 4.79 Å². The molecule has 2 unspecified atom stereocenters. The molecule has 5 nitrogen and oxygen atoms in total. The molecule has 2 atom stereocenters. The van der Waals surface area contributed by atoms with Crippen LogP contribution in [-0.2, 0) is 4.79 Å². The molecule has 110 valence electrons. The van der Waals surface area contributed by atoms with E-state index in [0.717, 1.165) is 30.6 Å². The molecule has 0 aliphatic carbocycles. The maximum Gasteiger partial charge on any atom is 0.223 e. The lowest BCUT2D eigenvalue weighted by molar-refractivity contribution is -0.130. The minimum Gasteiger partial charge on any atom is -0.338 e. The molecule has 2 aromatic rings. The average Bonchev–Trinajstić information content (AvgIpc) is 2.98. The molecule has 0 N–H and O–H groups in total. The number of rotatable bonds is 1. The first-order valence-corrected chi connectivity index (χ1v) is 7.62. The molecule has 5 heteroatoms. The highest BCUT2D eigenvalue weighted by Crippen LogP contribution is 2.44. The van der Waals surface area contributed by atoms with Gasteiger partial charge in [-0.3, -0.25) is 9.78 Å². The van der Waals surface area contributed by atoms with E-state index in [-0.39, 0.29) is 5.41 Å². The van der Waals surface area contributed by atoms with E-state index in [4.69, 9.17) is 0 Å². The molecule has 2 fully saturated rings. The fourth-order valence-corrected chi connectivity index (χ4v) is 4.07. The second kappa shape index (κ2) is 4.29. The molecule has 1 amide bonds. The lowest BCUT2D eigenvalue weighted by Gasteiger charge is -2.39. The van der Waals surface area contributed by atoms with E-state index in [2.05, 4.69) is 28.7 Å². The lowest BCUT2D eigenvalue weighted by Crippen LogP contribution is -2.44. The van der Waals surface area contributed by atoms with Crippen LogP contribution in [0.3, 0.4) is 0 Å². The molecule has 0 bridgehead atoms. The third-order valence-electron chi connectivity index (χ3n) is 5.17. The van der Waals surface area contributed by atoms with Crippen molar-refractivity contribution in [3.8, 4) is 0 Å². The molecule has 4 rings (SSSR count). The Morgan fingerprint density at radius 3 is 3.05 bits per heavy atom. The van der Waals surface area contributed by atoms with E-state index in [1.165, 1.54) is 0 Å². The summed E-state index contributed by atoms with van der Waals surface area (Å²) in [6.45, 7) is 5.23. The van der Waals surface area contributed by atoms with Gasteiger partial charge >= 0.3 is 0 Å². The van der Waals surface area contributed by atoms with Crippen molar-refractivity contribution in [1.82, 2.24) is 19.3 Å². The third-order valence-corrected chi connectivity index (χ3v) is 5.17. The maximum atomic E-state index is 12.3. The molecule has 0 saturated carbocycles. The van der Waals surface area contributed by atoms with Crippen LogP contribution in [-0.4, -0.2) is 37.8 Å². The van der Waals surface area contributed by atoms with Gasteiger partial charge in [0.1, 0.15) is 0 Å². The number of amides is 1. The molecule has 2 saturated heterocycles. The molecule has 2 aliphatic rings. The van der Waals surface area contributed by atoms with E-state index in [1.807, 2.05) is 23.1 Å². The molecule has 4 heterocycles. The Bertz CT molecular complexity index is 705. The Morgan fingerprint density at radius 1 is 1.33 bits per heavy atom. The summed E-state index contributed by atoms with van der Waals surface area (Å²) in [5.41, 5.74) is 2.26. The number of carbonyl (C=O) groups excluding carboxylic acids is 1. The van der Waals surface area contributed by atoms with Crippen LogP contribution in [0.15, 0.2) is 24.9 Å². The topological polar surface area (TPSA) is 50.5 Å². The number of hydrogen-bond donors (Lipinski definition) is 0. The molecule has 0 spiro atoms. The van der Waals surface area contributed by atoms with Gasteiger partial charge in [-0.25, -0.2) is 4.98 Å². The van der Waals surface area contributed by atoms with Gasteiger partial charge in [0.25, 0.3) is 0 Å². The number of fused-ring (bicyclic) bond motifs is 2. The van der Waals surface area contributed by atoms with Crippen molar-refractivity contribution in [1.29, 1.82) is 0 Å². The van der Waals surface area contributed by atoms with Crippen molar-refractivity contribution in [2.45, 2.75) is 45.1 Å². The Morgan fingerprint density at radius 2 is 2.19 bits per heavy atom. The van der Waals surface area contributed by atoms with Gasteiger partial charge in [0.15, 0.2) is 0 Å². The molecule has 2 aromatic heterocycles. The predicted molar refractivity (Wildman–Crippen MR) is 78.9 cm³/mol. The number of imidazole rings is 1. The Labute approximate surface area is 124 Å². The van der Waals surface area contributed by atoms with Crippen molar-refractivity contribution in [2.24, 2.45) is 5.41 Å². The summed E-state index contributed by atoms with van der Waals surface area (Å²) in [5, 5.41) is 0. The highest BCUT2D eigenvalue weighted by Gasteiger charge is 2.48. The quantitative estimate of drug-likeness (QED) is 0.807. The maximum absolute atomic E-state index is 12.3. The van der Waals surface area contributed by atoms with Crippen molar-refractivity contribution >= 4 is 11.4 Å². The number of aromatic nitrogens is 3. The Kier molecular flexibility index (Phi) is 2.62. The zero-order valence-corrected chi connectivity index (χ0v) is 12.5. The van der Waals surface area contributed by atoms with Crippen LogP contribution < -0.4 is 0 Å². The molecule has 21 heavy (non-hydrogen) atoms. The van der Waals surface area contributed by atoms with Crippen molar-refractivity contribution in [3.05, 3.63) is 30.6 Å². The Balaban J connectivity index is 1.66. The monoisotopic (exact) mass is 284 g/mol. The van der Waals surface area contributed by atoms with E-state index in [0.29, 0.717) is 24.3 Å². The summed E-state index contributed by atoms with van der Waals surface area (Å²) in [6, 6.07) is 0.397. The normalized spacial score (nSPS) is 28.1. The predicted octanol–water partition coefficient (Wildman–Crippen LogP) is 2.23.